The highest BCUT2D eigenvalue weighted by atomic mass is 15.2. The van der Waals surface area contributed by atoms with Crippen molar-refractivity contribution >= 4 is 17.3 Å². The SMILES string of the molecule is CN=C(NCc1ccc(N(C)C)cc1C)NC1CCN(c2ccccc2)C1. The molecular formula is C22H31N5. The third kappa shape index (κ3) is 4.94. The number of rotatable bonds is 5. The van der Waals surface area contributed by atoms with Crippen molar-refractivity contribution < 1.29 is 0 Å². The fourth-order valence-electron chi connectivity index (χ4n) is 3.47. The van der Waals surface area contributed by atoms with Crippen molar-refractivity contribution in [3.05, 3.63) is 59.7 Å². The number of hydrogen-bond acceptors (Lipinski definition) is 3. The molecule has 27 heavy (non-hydrogen) atoms. The molecule has 2 aromatic rings. The summed E-state index contributed by atoms with van der Waals surface area (Å²) < 4.78 is 0. The van der Waals surface area contributed by atoms with Gasteiger partial charge in [0.25, 0.3) is 0 Å². The molecule has 1 unspecified atom stereocenters. The maximum absolute atomic E-state index is 4.41. The van der Waals surface area contributed by atoms with E-state index in [1.54, 1.807) is 0 Å². The molecule has 1 aliphatic rings. The van der Waals surface area contributed by atoms with E-state index in [1.807, 2.05) is 7.05 Å². The molecule has 0 bridgehead atoms. The maximum Gasteiger partial charge on any atom is 0.191 e. The summed E-state index contributed by atoms with van der Waals surface area (Å²) in [5.74, 6) is 0.867. The van der Waals surface area contributed by atoms with Crippen LogP contribution < -0.4 is 20.4 Å². The monoisotopic (exact) mass is 365 g/mol. The topological polar surface area (TPSA) is 42.9 Å². The summed E-state index contributed by atoms with van der Waals surface area (Å²) in [4.78, 5) is 8.96. The smallest absolute Gasteiger partial charge is 0.191 e. The number of para-hydroxylation sites is 1. The zero-order valence-corrected chi connectivity index (χ0v) is 16.9. The average molecular weight is 366 g/mol. The highest BCUT2D eigenvalue weighted by Crippen LogP contribution is 2.20. The van der Waals surface area contributed by atoms with Crippen LogP contribution in [0.2, 0.25) is 0 Å². The third-order valence-electron chi connectivity index (χ3n) is 5.16. The Balaban J connectivity index is 1.53. The predicted octanol–water partition coefficient (Wildman–Crippen LogP) is 3.00. The van der Waals surface area contributed by atoms with Crippen molar-refractivity contribution in [1.29, 1.82) is 0 Å². The Morgan fingerprint density at radius 3 is 2.63 bits per heavy atom. The van der Waals surface area contributed by atoms with Crippen molar-refractivity contribution in [1.82, 2.24) is 10.6 Å². The molecule has 3 rings (SSSR count). The third-order valence-corrected chi connectivity index (χ3v) is 5.16. The largest absolute Gasteiger partial charge is 0.378 e. The maximum atomic E-state index is 4.41. The van der Waals surface area contributed by atoms with Crippen molar-refractivity contribution in [2.75, 3.05) is 44.0 Å². The molecule has 1 atom stereocenters. The first kappa shape index (κ1) is 19.1. The molecule has 2 N–H and O–H groups in total. The van der Waals surface area contributed by atoms with Gasteiger partial charge in [-0.05, 0) is 48.7 Å². The van der Waals surface area contributed by atoms with Gasteiger partial charge < -0.3 is 20.4 Å². The van der Waals surface area contributed by atoms with Gasteiger partial charge in [0.05, 0.1) is 0 Å². The molecule has 1 heterocycles. The van der Waals surface area contributed by atoms with Gasteiger partial charge in [-0.25, -0.2) is 0 Å². The van der Waals surface area contributed by atoms with Crippen molar-refractivity contribution in [3.63, 3.8) is 0 Å². The molecule has 0 amide bonds. The summed E-state index contributed by atoms with van der Waals surface area (Å²) in [7, 11) is 5.97. The van der Waals surface area contributed by atoms with Gasteiger partial charge in [0.15, 0.2) is 5.96 Å². The van der Waals surface area contributed by atoms with Crippen LogP contribution in [-0.2, 0) is 6.54 Å². The fourth-order valence-corrected chi connectivity index (χ4v) is 3.47. The first-order valence-corrected chi connectivity index (χ1v) is 9.61. The number of guanidine groups is 1. The van der Waals surface area contributed by atoms with Crippen LogP contribution in [0.5, 0.6) is 0 Å². The first-order chi connectivity index (χ1) is 13.1. The number of aliphatic imine (C=N–C) groups is 1. The van der Waals surface area contributed by atoms with Crippen molar-refractivity contribution in [2.45, 2.75) is 25.9 Å². The molecule has 1 aliphatic heterocycles. The Morgan fingerprint density at radius 1 is 1.19 bits per heavy atom. The van der Waals surface area contributed by atoms with Gasteiger partial charge >= 0.3 is 0 Å². The Morgan fingerprint density at radius 2 is 1.96 bits per heavy atom. The van der Waals surface area contributed by atoms with E-state index in [0.29, 0.717) is 6.04 Å². The zero-order chi connectivity index (χ0) is 19.2. The van der Waals surface area contributed by atoms with Crippen LogP contribution >= 0.6 is 0 Å². The Labute approximate surface area is 163 Å². The summed E-state index contributed by atoms with van der Waals surface area (Å²) in [6.07, 6.45) is 1.12. The van der Waals surface area contributed by atoms with Crippen LogP contribution in [0.3, 0.4) is 0 Å². The molecule has 0 aliphatic carbocycles. The Hall–Kier alpha value is -2.69. The van der Waals surface area contributed by atoms with E-state index in [4.69, 9.17) is 0 Å². The quantitative estimate of drug-likeness (QED) is 0.631. The van der Waals surface area contributed by atoms with Crippen LogP contribution in [0, 0.1) is 6.92 Å². The Bertz CT molecular complexity index is 770. The van der Waals surface area contributed by atoms with Gasteiger partial charge in [-0.3, -0.25) is 4.99 Å². The van der Waals surface area contributed by atoms with E-state index >= 15 is 0 Å². The van der Waals surface area contributed by atoms with E-state index in [-0.39, 0.29) is 0 Å². The second-order valence-electron chi connectivity index (χ2n) is 7.34. The normalized spacial score (nSPS) is 17.1. The van der Waals surface area contributed by atoms with Crippen LogP contribution in [0.4, 0.5) is 11.4 Å². The van der Waals surface area contributed by atoms with E-state index in [2.05, 4.69) is 95.0 Å². The second kappa shape index (κ2) is 8.80. The standard InChI is InChI=1S/C22H31N5/c1-17-14-21(26(3)4)11-10-18(17)15-24-22(23-2)25-19-12-13-27(16-19)20-8-6-5-7-9-20/h5-11,14,19H,12-13,15-16H2,1-4H3,(H2,23,24,25). The summed E-state index contributed by atoms with van der Waals surface area (Å²) in [6.45, 7) is 5.01. The highest BCUT2D eigenvalue weighted by molar-refractivity contribution is 5.80. The number of aryl methyl sites for hydroxylation is 1. The summed E-state index contributed by atoms with van der Waals surface area (Å²) in [5.41, 5.74) is 5.10. The van der Waals surface area contributed by atoms with Crippen LogP contribution in [0.15, 0.2) is 53.5 Å². The minimum Gasteiger partial charge on any atom is -0.378 e. The van der Waals surface area contributed by atoms with Gasteiger partial charge in [-0.15, -0.1) is 0 Å². The molecule has 2 aromatic carbocycles. The molecule has 5 heteroatoms. The van der Waals surface area contributed by atoms with Crippen molar-refractivity contribution in [2.24, 2.45) is 4.99 Å². The number of benzene rings is 2. The molecule has 1 fully saturated rings. The number of hydrogen-bond donors (Lipinski definition) is 2. The van der Waals surface area contributed by atoms with E-state index in [9.17, 15) is 0 Å². The van der Waals surface area contributed by atoms with E-state index < -0.39 is 0 Å². The lowest BCUT2D eigenvalue weighted by atomic mass is 10.1. The molecular weight excluding hydrogens is 334 g/mol. The number of anilines is 2. The van der Waals surface area contributed by atoms with Gasteiger partial charge in [0.2, 0.25) is 0 Å². The minimum absolute atomic E-state index is 0.411. The molecule has 0 saturated carbocycles. The molecule has 0 aromatic heterocycles. The predicted molar refractivity (Wildman–Crippen MR) is 116 cm³/mol. The molecule has 5 nitrogen and oxygen atoms in total. The number of nitrogens with zero attached hydrogens (tertiary/aromatic N) is 3. The fraction of sp³-hybridized carbons (Fsp3) is 0.409. The van der Waals surface area contributed by atoms with Crippen LogP contribution in [0.1, 0.15) is 17.5 Å². The van der Waals surface area contributed by atoms with E-state index in [1.165, 1.54) is 22.5 Å². The van der Waals surface area contributed by atoms with E-state index in [0.717, 1.165) is 32.0 Å². The second-order valence-corrected chi connectivity index (χ2v) is 7.34. The first-order valence-electron chi connectivity index (χ1n) is 9.61. The van der Waals surface area contributed by atoms with Gasteiger partial charge in [-0.2, -0.15) is 0 Å². The minimum atomic E-state index is 0.411. The lowest BCUT2D eigenvalue weighted by molar-refractivity contribution is 0.648. The number of nitrogens with one attached hydrogen (secondary N) is 2. The van der Waals surface area contributed by atoms with Gasteiger partial charge in [-0.1, -0.05) is 24.3 Å². The lowest BCUT2D eigenvalue weighted by Gasteiger charge is -2.21. The molecule has 1 saturated heterocycles. The summed E-state index contributed by atoms with van der Waals surface area (Å²) in [6, 6.07) is 17.6. The molecule has 0 spiro atoms. The van der Waals surface area contributed by atoms with Gasteiger partial charge in [0.1, 0.15) is 0 Å². The van der Waals surface area contributed by atoms with Crippen molar-refractivity contribution in [3.8, 4) is 0 Å². The zero-order valence-electron chi connectivity index (χ0n) is 16.9. The van der Waals surface area contributed by atoms with Gasteiger partial charge in [0, 0.05) is 58.2 Å². The van der Waals surface area contributed by atoms with Crippen LogP contribution in [0.25, 0.3) is 0 Å². The molecule has 0 radical (unpaired) electrons. The summed E-state index contributed by atoms with van der Waals surface area (Å²) >= 11 is 0. The Kier molecular flexibility index (Phi) is 6.22. The molecule has 144 valence electrons. The lowest BCUT2D eigenvalue weighted by Crippen LogP contribution is -2.44. The van der Waals surface area contributed by atoms with Crippen LogP contribution in [-0.4, -0.2) is 46.2 Å². The summed E-state index contributed by atoms with van der Waals surface area (Å²) in [5, 5.41) is 7.04. The highest BCUT2D eigenvalue weighted by Gasteiger charge is 2.23. The average Bonchev–Trinajstić information content (AvgIpc) is 3.15.